The van der Waals surface area contributed by atoms with Crippen LogP contribution in [0, 0.1) is 0 Å². The fourth-order valence-electron chi connectivity index (χ4n) is 1.84. The Morgan fingerprint density at radius 1 is 1.33 bits per heavy atom. The Morgan fingerprint density at radius 3 is 2.79 bits per heavy atom. The molecule has 2 aromatic rings. The summed E-state index contributed by atoms with van der Waals surface area (Å²) >= 11 is 1.19. The molecule has 1 amide bonds. The maximum absolute atomic E-state index is 12.3. The van der Waals surface area contributed by atoms with Crippen LogP contribution in [0.3, 0.4) is 0 Å². The number of aromatic nitrogens is 1. The van der Waals surface area contributed by atoms with Gasteiger partial charge in [-0.05, 0) is 38.2 Å². The van der Waals surface area contributed by atoms with E-state index in [1.807, 2.05) is 7.05 Å². The Bertz CT molecular complexity index is 751. The van der Waals surface area contributed by atoms with Crippen LogP contribution in [0.2, 0.25) is 0 Å². The number of carbonyl (C=O) groups is 1. The van der Waals surface area contributed by atoms with Crippen LogP contribution in [0.15, 0.2) is 40.7 Å². The number of hydrogen-bond donors (Lipinski definition) is 3. The Kier molecular flexibility index (Phi) is 8.13. The minimum absolute atomic E-state index is 0. The van der Waals surface area contributed by atoms with Crippen molar-refractivity contribution in [2.75, 3.05) is 23.6 Å². The van der Waals surface area contributed by atoms with Crippen LogP contribution in [-0.4, -0.2) is 32.9 Å². The van der Waals surface area contributed by atoms with Crippen molar-refractivity contribution >= 4 is 50.5 Å². The minimum atomic E-state index is -3.73. The zero-order valence-corrected chi connectivity index (χ0v) is 15.4. The van der Waals surface area contributed by atoms with Gasteiger partial charge in [-0.15, -0.1) is 23.7 Å². The number of benzene rings is 1. The molecule has 0 fully saturated rings. The summed E-state index contributed by atoms with van der Waals surface area (Å²) in [6, 6.07) is 6.12. The van der Waals surface area contributed by atoms with Gasteiger partial charge < -0.3 is 10.6 Å². The Balaban J connectivity index is 0.00000288. The molecule has 3 N–H and O–H groups in total. The minimum Gasteiger partial charge on any atom is -0.326 e. The number of rotatable bonds is 8. The van der Waals surface area contributed by atoms with Gasteiger partial charge in [0.25, 0.3) is 10.0 Å². The van der Waals surface area contributed by atoms with Crippen LogP contribution in [0.25, 0.3) is 0 Å². The Morgan fingerprint density at radius 2 is 2.12 bits per heavy atom. The molecule has 0 unspecified atom stereocenters. The predicted molar refractivity (Wildman–Crippen MR) is 98.4 cm³/mol. The quantitative estimate of drug-likeness (QED) is 0.600. The normalized spacial score (nSPS) is 10.7. The second kappa shape index (κ2) is 9.58. The lowest BCUT2D eigenvalue weighted by Gasteiger charge is -2.09. The highest BCUT2D eigenvalue weighted by Gasteiger charge is 2.16. The number of nitrogens with one attached hydrogen (secondary N) is 3. The second-order valence-corrected chi connectivity index (χ2v) is 7.30. The molecule has 0 bridgehead atoms. The number of hydrogen-bond acceptors (Lipinski definition) is 6. The first-order valence-corrected chi connectivity index (χ1v) is 9.34. The molecule has 0 saturated carbocycles. The van der Waals surface area contributed by atoms with Gasteiger partial charge in [0.15, 0.2) is 5.13 Å². The molecule has 0 radical (unpaired) electrons. The highest BCUT2D eigenvalue weighted by molar-refractivity contribution is 7.93. The lowest BCUT2D eigenvalue weighted by Crippen LogP contribution is -2.16. The highest BCUT2D eigenvalue weighted by Crippen LogP contribution is 2.20. The third-order valence-electron chi connectivity index (χ3n) is 2.91. The van der Waals surface area contributed by atoms with Gasteiger partial charge in [0.1, 0.15) is 0 Å². The van der Waals surface area contributed by atoms with E-state index in [-0.39, 0.29) is 23.2 Å². The number of amides is 1. The predicted octanol–water partition coefficient (Wildman–Crippen LogP) is 2.30. The van der Waals surface area contributed by atoms with Gasteiger partial charge in [-0.2, -0.15) is 0 Å². The van der Waals surface area contributed by atoms with Crippen LogP contribution in [0.5, 0.6) is 0 Å². The summed E-state index contributed by atoms with van der Waals surface area (Å²) in [4.78, 5) is 15.8. The van der Waals surface area contributed by atoms with Gasteiger partial charge in [-0.1, -0.05) is 6.07 Å². The molecule has 0 aliphatic carbocycles. The maximum atomic E-state index is 12.3. The summed E-state index contributed by atoms with van der Waals surface area (Å²) in [7, 11) is -1.90. The molecule has 0 spiro atoms. The molecule has 0 aliphatic rings. The topological polar surface area (TPSA) is 100 Å². The van der Waals surface area contributed by atoms with Gasteiger partial charge in [-0.25, -0.2) is 13.4 Å². The molecule has 1 heterocycles. The standard InChI is InChI=1S/C14H18N4O3S2.ClH/c1-15-7-3-6-13(19)17-11-4-2-5-12(10-11)23(20,21)18-14-16-8-9-22-14;/h2,4-5,8-10,15H,3,6-7H2,1H3,(H,16,18)(H,17,19);1H. The lowest BCUT2D eigenvalue weighted by atomic mass is 10.2. The molecular formula is C14H19ClN4O3S2. The van der Waals surface area contributed by atoms with E-state index in [1.54, 1.807) is 17.5 Å². The molecule has 10 heteroatoms. The van der Waals surface area contributed by atoms with Crippen molar-refractivity contribution in [1.29, 1.82) is 0 Å². The molecule has 1 aromatic heterocycles. The van der Waals surface area contributed by atoms with Gasteiger partial charge in [0.05, 0.1) is 4.90 Å². The van der Waals surface area contributed by atoms with Crippen molar-refractivity contribution in [2.24, 2.45) is 0 Å². The van der Waals surface area contributed by atoms with E-state index < -0.39 is 10.0 Å². The molecule has 7 nitrogen and oxygen atoms in total. The third kappa shape index (κ3) is 6.08. The summed E-state index contributed by atoms with van der Waals surface area (Å²) in [5.74, 6) is -0.150. The van der Waals surface area contributed by atoms with Crippen LogP contribution in [0.4, 0.5) is 10.8 Å². The van der Waals surface area contributed by atoms with Crippen molar-refractivity contribution in [3.8, 4) is 0 Å². The molecule has 132 valence electrons. The number of sulfonamides is 1. The smallest absolute Gasteiger partial charge is 0.263 e. The molecule has 24 heavy (non-hydrogen) atoms. The Labute approximate surface area is 151 Å². The fourth-order valence-corrected chi connectivity index (χ4v) is 3.67. The van der Waals surface area contributed by atoms with Crippen LogP contribution in [0.1, 0.15) is 12.8 Å². The van der Waals surface area contributed by atoms with Crippen molar-refractivity contribution in [1.82, 2.24) is 10.3 Å². The third-order valence-corrected chi connectivity index (χ3v) is 5.07. The summed E-state index contributed by atoms with van der Waals surface area (Å²) < 4.78 is 27.0. The lowest BCUT2D eigenvalue weighted by molar-refractivity contribution is -0.116. The zero-order chi connectivity index (χ0) is 16.7. The van der Waals surface area contributed by atoms with E-state index >= 15 is 0 Å². The largest absolute Gasteiger partial charge is 0.326 e. The van der Waals surface area contributed by atoms with Gasteiger partial charge in [0, 0.05) is 23.7 Å². The van der Waals surface area contributed by atoms with Gasteiger partial charge >= 0.3 is 0 Å². The first-order chi connectivity index (χ1) is 11.0. The van der Waals surface area contributed by atoms with Gasteiger partial charge in [-0.3, -0.25) is 9.52 Å². The summed E-state index contributed by atoms with van der Waals surface area (Å²) in [6.45, 7) is 0.750. The molecule has 1 aromatic carbocycles. The van der Waals surface area contributed by atoms with E-state index in [0.29, 0.717) is 23.7 Å². The van der Waals surface area contributed by atoms with Crippen LogP contribution < -0.4 is 15.4 Å². The fraction of sp³-hybridized carbons (Fsp3) is 0.286. The van der Waals surface area contributed by atoms with Crippen molar-refractivity contribution in [3.05, 3.63) is 35.8 Å². The first kappa shape index (κ1) is 20.4. The number of nitrogens with zero attached hydrogens (tertiary/aromatic N) is 1. The van der Waals surface area contributed by atoms with E-state index in [1.165, 1.54) is 29.7 Å². The second-order valence-electron chi connectivity index (χ2n) is 4.73. The number of thiazole rings is 1. The molecule has 0 atom stereocenters. The molecule has 0 aliphatic heterocycles. The number of anilines is 2. The summed E-state index contributed by atoms with van der Waals surface area (Å²) in [5, 5.41) is 7.64. The van der Waals surface area contributed by atoms with E-state index in [9.17, 15) is 13.2 Å². The number of halogens is 1. The number of carbonyl (C=O) groups excluding carboxylic acids is 1. The zero-order valence-electron chi connectivity index (χ0n) is 13.0. The van der Waals surface area contributed by atoms with Crippen molar-refractivity contribution < 1.29 is 13.2 Å². The van der Waals surface area contributed by atoms with E-state index in [4.69, 9.17) is 0 Å². The average molecular weight is 391 g/mol. The van der Waals surface area contributed by atoms with Gasteiger partial charge in [0.2, 0.25) is 5.91 Å². The summed E-state index contributed by atoms with van der Waals surface area (Å²) in [5.41, 5.74) is 0.446. The SMILES string of the molecule is CNCCCC(=O)Nc1cccc(S(=O)(=O)Nc2nccs2)c1.Cl. The summed E-state index contributed by atoms with van der Waals surface area (Å²) in [6.07, 6.45) is 2.60. The maximum Gasteiger partial charge on any atom is 0.263 e. The Hall–Kier alpha value is -1.68. The first-order valence-electron chi connectivity index (χ1n) is 6.98. The van der Waals surface area contributed by atoms with Crippen molar-refractivity contribution in [3.63, 3.8) is 0 Å². The van der Waals surface area contributed by atoms with E-state index in [0.717, 1.165) is 6.54 Å². The van der Waals surface area contributed by atoms with Crippen molar-refractivity contribution in [2.45, 2.75) is 17.7 Å². The van der Waals surface area contributed by atoms with Crippen LogP contribution >= 0.6 is 23.7 Å². The molecule has 0 saturated heterocycles. The monoisotopic (exact) mass is 390 g/mol. The van der Waals surface area contributed by atoms with Crippen LogP contribution in [-0.2, 0) is 14.8 Å². The molecular weight excluding hydrogens is 372 g/mol. The molecule has 2 rings (SSSR count). The average Bonchev–Trinajstić information content (AvgIpc) is 3.00. The van der Waals surface area contributed by atoms with E-state index in [2.05, 4.69) is 20.3 Å². The highest BCUT2D eigenvalue weighted by atomic mass is 35.5.